The molecule has 1 aromatic heterocycles. The molecule has 0 atom stereocenters. The van der Waals surface area contributed by atoms with Gasteiger partial charge in [0.05, 0.1) is 17.4 Å². The Kier molecular flexibility index (Phi) is 5.17. The van der Waals surface area contributed by atoms with Gasteiger partial charge in [-0.3, -0.25) is 19.3 Å². The van der Waals surface area contributed by atoms with Crippen LogP contribution >= 0.6 is 0 Å². The van der Waals surface area contributed by atoms with Crippen LogP contribution in [0.4, 0.5) is 4.79 Å². The third kappa shape index (κ3) is 3.73. The zero-order valence-corrected chi connectivity index (χ0v) is 16.1. The Hall–Kier alpha value is -3.23. The van der Waals surface area contributed by atoms with Gasteiger partial charge in [-0.25, -0.2) is 9.78 Å². The summed E-state index contributed by atoms with van der Waals surface area (Å²) in [4.78, 5) is 58.6. The highest BCUT2D eigenvalue weighted by Gasteiger charge is 2.44. The summed E-state index contributed by atoms with van der Waals surface area (Å²) < 4.78 is 0. The minimum Gasteiger partial charge on any atom is -0.335 e. The number of hydrogen-bond donors (Lipinski definition) is 2. The van der Waals surface area contributed by atoms with Gasteiger partial charge in [-0.2, -0.15) is 0 Å². The van der Waals surface area contributed by atoms with E-state index in [1.807, 2.05) is 6.92 Å². The minimum atomic E-state index is -0.959. The average molecular weight is 385 g/mol. The maximum Gasteiger partial charge on any atom is 0.325 e. The summed E-state index contributed by atoms with van der Waals surface area (Å²) in [6.45, 7) is 5.60. The van der Waals surface area contributed by atoms with Gasteiger partial charge in [0.15, 0.2) is 0 Å². The molecule has 3 rings (SSSR count). The summed E-state index contributed by atoms with van der Waals surface area (Å²) in [7, 11) is 0. The Morgan fingerprint density at radius 1 is 1.21 bits per heavy atom. The van der Waals surface area contributed by atoms with Crippen LogP contribution in [0.2, 0.25) is 0 Å². The van der Waals surface area contributed by atoms with Crippen LogP contribution in [-0.2, 0) is 16.1 Å². The van der Waals surface area contributed by atoms with Crippen LogP contribution in [0.5, 0.6) is 0 Å². The normalized spacial score (nSPS) is 15.8. The summed E-state index contributed by atoms with van der Waals surface area (Å²) in [5, 5.41) is 3.07. The van der Waals surface area contributed by atoms with Crippen molar-refractivity contribution in [3.05, 3.63) is 40.4 Å². The van der Waals surface area contributed by atoms with Crippen molar-refractivity contribution in [3.63, 3.8) is 0 Å². The molecule has 0 radical (unpaired) electrons. The lowest BCUT2D eigenvalue weighted by molar-refractivity contribution is -0.133. The maximum atomic E-state index is 12.6. The molecule has 1 saturated heterocycles. The smallest absolute Gasteiger partial charge is 0.325 e. The number of hydrogen-bond acceptors (Lipinski definition) is 5. The largest absolute Gasteiger partial charge is 0.335 e. The molecule has 0 unspecified atom stereocenters. The number of nitrogens with one attached hydrogen (secondary N) is 2. The lowest BCUT2D eigenvalue weighted by Gasteiger charge is -2.22. The van der Waals surface area contributed by atoms with Gasteiger partial charge in [0, 0.05) is 19.5 Å². The number of fused-ring (bicyclic) bond motifs is 1. The zero-order chi connectivity index (χ0) is 20.5. The Labute approximate surface area is 161 Å². The first-order valence-corrected chi connectivity index (χ1v) is 9.12. The highest BCUT2D eigenvalue weighted by Crippen LogP contribution is 2.17. The molecule has 0 spiro atoms. The van der Waals surface area contributed by atoms with E-state index in [1.54, 1.807) is 38.1 Å². The predicted octanol–water partition coefficient (Wildman–Crippen LogP) is 0.992. The van der Waals surface area contributed by atoms with E-state index < -0.39 is 11.6 Å². The van der Waals surface area contributed by atoms with Crippen LogP contribution in [0.25, 0.3) is 10.9 Å². The first-order chi connectivity index (χ1) is 13.2. The van der Waals surface area contributed by atoms with Crippen molar-refractivity contribution in [2.24, 2.45) is 0 Å². The predicted molar refractivity (Wildman–Crippen MR) is 102 cm³/mol. The molecular weight excluding hydrogens is 362 g/mol. The molecule has 2 N–H and O–H groups in total. The molecule has 28 heavy (non-hydrogen) atoms. The van der Waals surface area contributed by atoms with E-state index in [0.29, 0.717) is 23.3 Å². The fourth-order valence-corrected chi connectivity index (χ4v) is 3.15. The maximum absolute atomic E-state index is 12.6. The number of aromatic nitrogens is 2. The van der Waals surface area contributed by atoms with Crippen LogP contribution in [0.1, 0.15) is 33.0 Å². The number of nitrogens with zero attached hydrogens (tertiary/aromatic N) is 3. The second-order valence-electron chi connectivity index (χ2n) is 7.20. The van der Waals surface area contributed by atoms with E-state index in [9.17, 15) is 19.2 Å². The van der Waals surface area contributed by atoms with E-state index >= 15 is 0 Å². The summed E-state index contributed by atoms with van der Waals surface area (Å²) in [5.41, 5.74) is -0.656. The number of carbonyl (C=O) groups excluding carboxylic acids is 3. The number of amides is 4. The number of benzene rings is 1. The van der Waals surface area contributed by atoms with Gasteiger partial charge in [0.25, 0.3) is 11.5 Å². The van der Waals surface area contributed by atoms with Crippen molar-refractivity contribution in [2.75, 3.05) is 13.1 Å². The van der Waals surface area contributed by atoms with E-state index in [2.05, 4.69) is 15.3 Å². The molecule has 148 valence electrons. The topological polar surface area (TPSA) is 115 Å². The molecule has 1 aromatic carbocycles. The Bertz CT molecular complexity index is 997. The second kappa shape index (κ2) is 7.41. The van der Waals surface area contributed by atoms with E-state index in [1.165, 1.54) is 4.90 Å². The van der Waals surface area contributed by atoms with Gasteiger partial charge in [-0.05, 0) is 32.9 Å². The summed E-state index contributed by atoms with van der Waals surface area (Å²) in [6.07, 6.45) is 0.000886. The molecule has 4 amide bonds. The zero-order valence-electron chi connectivity index (χ0n) is 16.1. The molecule has 9 heteroatoms. The third-order valence-corrected chi connectivity index (χ3v) is 4.73. The molecule has 1 fully saturated rings. The number of rotatable bonds is 6. The number of H-pyrrole nitrogens is 1. The summed E-state index contributed by atoms with van der Waals surface area (Å²) in [5.74, 6) is -0.201. The molecule has 1 aliphatic rings. The van der Waals surface area contributed by atoms with Crippen LogP contribution in [0, 0.1) is 0 Å². The highest BCUT2D eigenvalue weighted by atomic mass is 16.2. The number of carbonyl (C=O) groups is 3. The van der Waals surface area contributed by atoms with E-state index in [4.69, 9.17) is 0 Å². The SMILES string of the molecule is CCN(Cc1nc2ccccc2c(=O)[nH]1)C(=O)CCN1C(=O)NC(C)(C)C1=O. The fraction of sp³-hybridized carbons (Fsp3) is 0.421. The van der Waals surface area contributed by atoms with Crippen molar-refractivity contribution in [1.82, 2.24) is 25.1 Å². The van der Waals surface area contributed by atoms with Gasteiger partial charge in [0.1, 0.15) is 11.4 Å². The molecule has 1 aliphatic heterocycles. The van der Waals surface area contributed by atoms with Crippen LogP contribution in [0.3, 0.4) is 0 Å². The lowest BCUT2D eigenvalue weighted by Crippen LogP contribution is -2.41. The molecule has 9 nitrogen and oxygen atoms in total. The van der Waals surface area contributed by atoms with Crippen molar-refractivity contribution in [3.8, 4) is 0 Å². The van der Waals surface area contributed by atoms with Gasteiger partial charge in [-0.15, -0.1) is 0 Å². The Morgan fingerprint density at radius 3 is 2.57 bits per heavy atom. The van der Waals surface area contributed by atoms with Crippen molar-refractivity contribution in [1.29, 1.82) is 0 Å². The monoisotopic (exact) mass is 385 g/mol. The average Bonchev–Trinajstić information content (AvgIpc) is 2.84. The second-order valence-corrected chi connectivity index (χ2v) is 7.20. The minimum absolute atomic E-state index is 0.000886. The number of aromatic amines is 1. The number of para-hydroxylation sites is 1. The van der Waals surface area contributed by atoms with Gasteiger partial charge in [-0.1, -0.05) is 12.1 Å². The lowest BCUT2D eigenvalue weighted by atomic mass is 10.1. The third-order valence-electron chi connectivity index (χ3n) is 4.73. The molecule has 2 heterocycles. The van der Waals surface area contributed by atoms with Crippen LogP contribution in [-0.4, -0.2) is 56.2 Å². The Balaban J connectivity index is 1.68. The van der Waals surface area contributed by atoms with Gasteiger partial charge >= 0.3 is 6.03 Å². The van der Waals surface area contributed by atoms with Gasteiger partial charge in [0.2, 0.25) is 5.91 Å². The molecule has 0 saturated carbocycles. The number of imide groups is 1. The Morgan fingerprint density at radius 2 is 1.93 bits per heavy atom. The standard InChI is InChI=1S/C19H23N5O4/c1-4-23(11-14-20-13-8-6-5-7-12(13)16(26)21-14)15(25)9-10-24-17(27)19(2,3)22-18(24)28/h5-8H,4,9-11H2,1-3H3,(H,22,28)(H,20,21,26). The van der Waals surface area contributed by atoms with Gasteiger partial charge < -0.3 is 15.2 Å². The van der Waals surface area contributed by atoms with Crippen molar-refractivity contribution in [2.45, 2.75) is 39.3 Å². The van der Waals surface area contributed by atoms with Crippen molar-refractivity contribution >= 4 is 28.7 Å². The molecule has 0 bridgehead atoms. The van der Waals surface area contributed by atoms with Crippen LogP contribution in [0.15, 0.2) is 29.1 Å². The van der Waals surface area contributed by atoms with Crippen LogP contribution < -0.4 is 10.9 Å². The fourth-order valence-electron chi connectivity index (χ4n) is 3.15. The first-order valence-electron chi connectivity index (χ1n) is 9.12. The summed E-state index contributed by atoms with van der Waals surface area (Å²) >= 11 is 0. The highest BCUT2D eigenvalue weighted by molar-refractivity contribution is 6.06. The molecule has 0 aliphatic carbocycles. The molecular formula is C19H23N5O4. The van der Waals surface area contributed by atoms with Crippen molar-refractivity contribution < 1.29 is 14.4 Å². The quantitative estimate of drug-likeness (QED) is 0.720. The van der Waals surface area contributed by atoms with E-state index in [-0.39, 0.29) is 36.9 Å². The molecule has 2 aromatic rings. The summed E-state index contributed by atoms with van der Waals surface area (Å²) in [6, 6.07) is 6.49. The van der Waals surface area contributed by atoms with E-state index in [0.717, 1.165) is 4.90 Å². The number of urea groups is 1. The first kappa shape index (κ1) is 19.5.